The summed E-state index contributed by atoms with van der Waals surface area (Å²) in [5, 5.41) is 19.6. The number of nitrogens with zero attached hydrogens (tertiary/aromatic N) is 5. The Morgan fingerprint density at radius 3 is 2.45 bits per heavy atom. The molecule has 0 saturated carbocycles. The van der Waals surface area contributed by atoms with Crippen molar-refractivity contribution in [2.24, 2.45) is 0 Å². The van der Waals surface area contributed by atoms with E-state index < -0.39 is 0 Å². The third kappa shape index (κ3) is 3.25. The summed E-state index contributed by atoms with van der Waals surface area (Å²) in [7, 11) is 0. The number of hydrogen-bond acceptors (Lipinski definition) is 6. The molecule has 110 valence electrons. The van der Waals surface area contributed by atoms with Gasteiger partial charge < -0.3 is 4.90 Å². The number of thiophene rings is 1. The molecule has 0 atom stereocenters. The maximum absolute atomic E-state index is 8.86. The largest absolute Gasteiger partial charge is 0.354 e. The summed E-state index contributed by atoms with van der Waals surface area (Å²) in [6.07, 6.45) is 1.62. The van der Waals surface area contributed by atoms with E-state index in [0.29, 0.717) is 5.56 Å². The molecule has 1 aliphatic rings. The second kappa shape index (κ2) is 6.57. The van der Waals surface area contributed by atoms with Crippen LogP contribution < -0.4 is 4.90 Å². The molecule has 0 aliphatic carbocycles. The first-order chi connectivity index (χ1) is 10.8. The number of nitriles is 2. The second-order valence-electron chi connectivity index (χ2n) is 5.19. The lowest BCUT2D eigenvalue weighted by Gasteiger charge is -2.35. The molecule has 22 heavy (non-hydrogen) atoms. The van der Waals surface area contributed by atoms with Gasteiger partial charge in [-0.2, -0.15) is 10.5 Å². The van der Waals surface area contributed by atoms with Gasteiger partial charge in [-0.15, -0.1) is 11.3 Å². The van der Waals surface area contributed by atoms with Gasteiger partial charge in [-0.3, -0.25) is 4.90 Å². The third-order valence-electron chi connectivity index (χ3n) is 3.74. The van der Waals surface area contributed by atoms with Crippen molar-refractivity contribution in [2.75, 3.05) is 31.1 Å². The van der Waals surface area contributed by atoms with Crippen LogP contribution in [0.3, 0.4) is 0 Å². The van der Waals surface area contributed by atoms with Gasteiger partial charge >= 0.3 is 0 Å². The van der Waals surface area contributed by atoms with Crippen molar-refractivity contribution in [2.45, 2.75) is 6.54 Å². The molecule has 0 bridgehead atoms. The van der Waals surface area contributed by atoms with Crippen molar-refractivity contribution >= 4 is 17.2 Å². The second-order valence-corrected chi connectivity index (χ2v) is 6.19. The molecule has 3 rings (SSSR count). The van der Waals surface area contributed by atoms with E-state index in [2.05, 4.69) is 26.9 Å². The molecule has 0 N–H and O–H groups in total. The Morgan fingerprint density at radius 1 is 1.09 bits per heavy atom. The molecule has 0 radical (unpaired) electrons. The summed E-state index contributed by atoms with van der Waals surface area (Å²) in [4.78, 5) is 10.2. The number of piperazine rings is 1. The molecule has 5 nitrogen and oxygen atoms in total. The zero-order chi connectivity index (χ0) is 15.4. The van der Waals surface area contributed by atoms with Crippen molar-refractivity contribution in [1.82, 2.24) is 9.88 Å². The van der Waals surface area contributed by atoms with Crippen molar-refractivity contribution in [3.63, 3.8) is 0 Å². The van der Waals surface area contributed by atoms with Crippen LogP contribution in [0.15, 0.2) is 29.8 Å². The molecule has 0 unspecified atom stereocenters. The van der Waals surface area contributed by atoms with E-state index in [-0.39, 0.29) is 0 Å². The van der Waals surface area contributed by atoms with E-state index >= 15 is 0 Å². The fraction of sp³-hybridized carbons (Fsp3) is 0.312. The minimum Gasteiger partial charge on any atom is -0.354 e. The van der Waals surface area contributed by atoms with E-state index in [1.807, 2.05) is 23.6 Å². The van der Waals surface area contributed by atoms with Gasteiger partial charge in [0.2, 0.25) is 0 Å². The Kier molecular flexibility index (Phi) is 4.34. The highest BCUT2D eigenvalue weighted by Gasteiger charge is 2.18. The van der Waals surface area contributed by atoms with E-state index in [1.165, 1.54) is 4.88 Å². The molecule has 0 spiro atoms. The van der Waals surface area contributed by atoms with Gasteiger partial charge in [0.05, 0.1) is 11.1 Å². The summed E-state index contributed by atoms with van der Waals surface area (Å²) in [5.41, 5.74) is 1.34. The van der Waals surface area contributed by atoms with Crippen molar-refractivity contribution in [3.8, 4) is 12.1 Å². The first kappa shape index (κ1) is 14.5. The number of pyridine rings is 1. The molecule has 6 heteroatoms. The minimum atomic E-state index is 0.591. The van der Waals surface area contributed by atoms with E-state index in [1.54, 1.807) is 17.5 Å². The summed E-state index contributed by atoms with van der Waals surface area (Å²) >= 11 is 1.65. The fourth-order valence-electron chi connectivity index (χ4n) is 2.52. The highest BCUT2D eigenvalue weighted by molar-refractivity contribution is 7.10. The van der Waals surface area contributed by atoms with Crippen LogP contribution in [0.25, 0.3) is 0 Å². The normalized spacial score (nSPS) is 15.3. The van der Waals surface area contributed by atoms with Crippen LogP contribution >= 0.6 is 11.3 Å². The zero-order valence-corrected chi connectivity index (χ0v) is 12.9. The Morgan fingerprint density at radius 2 is 1.86 bits per heavy atom. The number of anilines is 1. The molecule has 3 heterocycles. The van der Waals surface area contributed by atoms with Gasteiger partial charge in [-0.05, 0) is 18.2 Å². The number of hydrogen-bond donors (Lipinski definition) is 0. The van der Waals surface area contributed by atoms with Crippen molar-refractivity contribution in [1.29, 1.82) is 10.5 Å². The molecule has 1 aliphatic heterocycles. The maximum Gasteiger partial charge on any atom is 0.128 e. The SMILES string of the molecule is N#Cc1ccc(N2CCN(Cc3cc(C#N)cs3)CC2)nc1. The summed E-state index contributed by atoms with van der Waals surface area (Å²) in [6, 6.07) is 9.95. The molecule has 1 fully saturated rings. The summed E-state index contributed by atoms with van der Waals surface area (Å²) in [6.45, 7) is 4.70. The predicted molar refractivity (Wildman–Crippen MR) is 85.5 cm³/mol. The lowest BCUT2D eigenvalue weighted by atomic mass is 10.2. The van der Waals surface area contributed by atoms with Gasteiger partial charge in [0.15, 0.2) is 0 Å². The smallest absolute Gasteiger partial charge is 0.128 e. The van der Waals surface area contributed by atoms with Gasteiger partial charge in [0, 0.05) is 49.2 Å². The van der Waals surface area contributed by atoms with E-state index in [4.69, 9.17) is 10.5 Å². The molecule has 1 saturated heterocycles. The Hall–Kier alpha value is -2.41. The van der Waals surface area contributed by atoms with Gasteiger partial charge in [-0.25, -0.2) is 4.98 Å². The Balaban J connectivity index is 1.55. The monoisotopic (exact) mass is 309 g/mol. The first-order valence-electron chi connectivity index (χ1n) is 7.09. The number of aromatic nitrogens is 1. The van der Waals surface area contributed by atoms with Crippen molar-refractivity contribution in [3.05, 3.63) is 45.8 Å². The average Bonchev–Trinajstić information content (AvgIpc) is 3.03. The number of rotatable bonds is 3. The Bertz CT molecular complexity index is 714. The highest BCUT2D eigenvalue weighted by atomic mass is 32.1. The van der Waals surface area contributed by atoms with Crippen LogP contribution in [0.4, 0.5) is 5.82 Å². The van der Waals surface area contributed by atoms with Gasteiger partial charge in [-0.1, -0.05) is 0 Å². The minimum absolute atomic E-state index is 0.591. The van der Waals surface area contributed by atoms with Crippen LogP contribution in [-0.2, 0) is 6.54 Å². The molecular weight excluding hydrogens is 294 g/mol. The molecule has 0 amide bonds. The van der Waals surface area contributed by atoms with E-state index in [0.717, 1.165) is 44.1 Å². The van der Waals surface area contributed by atoms with Crippen molar-refractivity contribution < 1.29 is 0 Å². The molecular formula is C16H15N5S. The predicted octanol–water partition coefficient (Wildman–Crippen LogP) is 2.21. The Labute approximate surface area is 133 Å². The quantitative estimate of drug-likeness (QED) is 0.869. The standard InChI is InChI=1S/C16H15N5S/c17-8-13-1-2-16(19-10-13)21-5-3-20(4-6-21)11-15-7-14(9-18)12-22-15/h1-2,7,10,12H,3-6,11H2. The summed E-state index contributed by atoms with van der Waals surface area (Å²) < 4.78 is 0. The van der Waals surface area contributed by atoms with E-state index in [9.17, 15) is 0 Å². The van der Waals surface area contributed by atoms with Gasteiger partial charge in [0.25, 0.3) is 0 Å². The van der Waals surface area contributed by atoms with Crippen LogP contribution in [0, 0.1) is 22.7 Å². The zero-order valence-electron chi connectivity index (χ0n) is 12.1. The van der Waals surface area contributed by atoms with Crippen LogP contribution in [0.2, 0.25) is 0 Å². The van der Waals surface area contributed by atoms with Crippen LogP contribution in [0.1, 0.15) is 16.0 Å². The van der Waals surface area contributed by atoms with Crippen LogP contribution in [-0.4, -0.2) is 36.1 Å². The highest BCUT2D eigenvalue weighted by Crippen LogP contribution is 2.19. The van der Waals surface area contributed by atoms with Gasteiger partial charge in [0.1, 0.15) is 18.0 Å². The molecule has 2 aromatic heterocycles. The molecule has 0 aromatic carbocycles. The lowest BCUT2D eigenvalue weighted by Crippen LogP contribution is -2.46. The lowest BCUT2D eigenvalue weighted by molar-refractivity contribution is 0.251. The van der Waals surface area contributed by atoms with Crippen LogP contribution in [0.5, 0.6) is 0 Å². The average molecular weight is 309 g/mol. The third-order valence-corrected chi connectivity index (χ3v) is 4.66. The fourth-order valence-corrected chi connectivity index (χ4v) is 3.37. The first-order valence-corrected chi connectivity index (χ1v) is 7.97. The molecule has 2 aromatic rings. The topological polar surface area (TPSA) is 67.0 Å². The maximum atomic E-state index is 8.86. The summed E-state index contributed by atoms with van der Waals surface area (Å²) in [5.74, 6) is 0.932.